The summed E-state index contributed by atoms with van der Waals surface area (Å²) in [5.41, 5.74) is 0. The largest absolute Gasteiger partial charge is 0.481 e. The molecule has 0 rings (SSSR count). The quantitative estimate of drug-likeness (QED) is 0.0382. The molecule has 0 aromatic rings. The zero-order valence-electron chi connectivity index (χ0n) is 25.3. The highest BCUT2D eigenvalue weighted by molar-refractivity contribution is 5.78. The van der Waals surface area contributed by atoms with Gasteiger partial charge in [-0.15, -0.1) is 0 Å². The van der Waals surface area contributed by atoms with Crippen molar-refractivity contribution in [1.82, 2.24) is 21.3 Å². The average Bonchev–Trinajstić information content (AvgIpc) is 2.97. The fourth-order valence-electron chi connectivity index (χ4n) is 3.29. The number of carbonyl (C=O) groups excluding carboxylic acids is 4. The molecule has 0 spiro atoms. The molecule has 43 heavy (non-hydrogen) atoms. The lowest BCUT2D eigenvalue weighted by atomic mass is 10.1. The molecule has 0 aromatic heterocycles. The second-order valence-corrected chi connectivity index (χ2v) is 9.59. The van der Waals surface area contributed by atoms with Crippen LogP contribution in [-0.4, -0.2) is 130 Å². The van der Waals surface area contributed by atoms with Crippen LogP contribution in [0.3, 0.4) is 0 Å². The zero-order valence-corrected chi connectivity index (χ0v) is 25.3. The van der Waals surface area contributed by atoms with E-state index in [1.165, 1.54) is 0 Å². The molecular weight excluding hydrogens is 572 g/mol. The highest BCUT2D eigenvalue weighted by Gasteiger charge is 2.19. The van der Waals surface area contributed by atoms with Gasteiger partial charge in [-0.2, -0.15) is 0 Å². The Bertz CT molecular complexity index is 800. The molecule has 2 unspecified atom stereocenters. The van der Waals surface area contributed by atoms with Crippen molar-refractivity contribution in [2.45, 2.75) is 64.7 Å². The van der Waals surface area contributed by atoms with Crippen molar-refractivity contribution >= 4 is 29.6 Å². The Balaban J connectivity index is 3.62. The van der Waals surface area contributed by atoms with Gasteiger partial charge >= 0.3 is 5.97 Å². The molecule has 16 heteroatoms. The van der Waals surface area contributed by atoms with Gasteiger partial charge in [0.25, 0.3) is 0 Å². The number of ether oxygens (including phenoxy) is 4. The van der Waals surface area contributed by atoms with Crippen molar-refractivity contribution in [1.29, 1.82) is 0 Å². The van der Waals surface area contributed by atoms with Crippen molar-refractivity contribution in [3.63, 3.8) is 0 Å². The second kappa shape index (κ2) is 26.7. The lowest BCUT2D eigenvalue weighted by Crippen LogP contribution is -2.44. The number of hydrogen-bond acceptors (Lipinski definition) is 11. The molecule has 0 fully saturated rings. The van der Waals surface area contributed by atoms with Crippen LogP contribution in [0.15, 0.2) is 0 Å². The molecule has 4 amide bonds. The highest BCUT2D eigenvalue weighted by Crippen LogP contribution is 2.05. The lowest BCUT2D eigenvalue weighted by Gasteiger charge is -2.20. The van der Waals surface area contributed by atoms with E-state index < -0.39 is 30.1 Å². The summed E-state index contributed by atoms with van der Waals surface area (Å²) in [5.74, 6) is -2.62. The van der Waals surface area contributed by atoms with Gasteiger partial charge in [0, 0.05) is 32.5 Å². The summed E-state index contributed by atoms with van der Waals surface area (Å²) in [5, 5.41) is 38.2. The second-order valence-electron chi connectivity index (χ2n) is 9.59. The normalized spacial score (nSPS) is 12.4. The van der Waals surface area contributed by atoms with Crippen LogP contribution >= 0.6 is 0 Å². The monoisotopic (exact) mass is 622 g/mol. The lowest BCUT2D eigenvalue weighted by molar-refractivity contribution is -0.141. The maximum Gasteiger partial charge on any atom is 0.306 e. The van der Waals surface area contributed by atoms with E-state index >= 15 is 0 Å². The number of carbonyl (C=O) groups is 5. The number of amides is 4. The van der Waals surface area contributed by atoms with E-state index in [1.807, 2.05) is 0 Å². The third kappa shape index (κ3) is 25.3. The Kier molecular flexibility index (Phi) is 24.9. The first-order chi connectivity index (χ1) is 20.6. The topological polar surface area (TPSA) is 231 Å². The molecular formula is C27H50N4O12. The fraction of sp³-hybridized carbons (Fsp3) is 0.815. The third-order valence-electron chi connectivity index (χ3n) is 5.86. The number of aliphatic carboxylic acids is 1. The van der Waals surface area contributed by atoms with E-state index in [9.17, 15) is 34.2 Å². The van der Waals surface area contributed by atoms with Crippen LogP contribution in [0.5, 0.6) is 0 Å². The summed E-state index contributed by atoms with van der Waals surface area (Å²) in [6.45, 7) is 5.12. The SMILES string of the molecule is CCC(=O)NCCCCC(NC(=O)COCCOCCNC(=O)COCCOCCNC(=O)CCC(C)C(=O)O)C(O)O. The van der Waals surface area contributed by atoms with Crippen LogP contribution in [0.25, 0.3) is 0 Å². The number of carboxylic acids is 1. The summed E-state index contributed by atoms with van der Waals surface area (Å²) in [6, 6.07) is -0.845. The molecule has 2 atom stereocenters. The molecule has 0 heterocycles. The standard InChI is InChI=1S/C27H50N4O12/c1-3-22(32)28-9-5-4-6-21(27(38)39)31-25(35)19-43-17-15-41-13-11-30-24(34)18-42-16-14-40-12-10-29-23(33)8-7-20(2)26(36)37/h20-21,27,38-39H,3-19H2,1-2H3,(H,28,32)(H,29,33)(H,30,34)(H,31,35)(H,36,37). The van der Waals surface area contributed by atoms with Crippen LogP contribution in [0.1, 0.15) is 52.4 Å². The van der Waals surface area contributed by atoms with E-state index in [0.717, 1.165) is 0 Å². The van der Waals surface area contributed by atoms with Gasteiger partial charge in [0.1, 0.15) is 13.2 Å². The number of rotatable bonds is 28. The molecule has 0 radical (unpaired) electrons. The summed E-state index contributed by atoms with van der Waals surface area (Å²) in [4.78, 5) is 57.3. The maximum atomic E-state index is 12.0. The fourth-order valence-corrected chi connectivity index (χ4v) is 3.29. The Hall–Kier alpha value is -2.89. The molecule has 0 aliphatic rings. The van der Waals surface area contributed by atoms with Crippen molar-refractivity contribution in [3.8, 4) is 0 Å². The van der Waals surface area contributed by atoms with Crippen LogP contribution in [0.4, 0.5) is 0 Å². The minimum Gasteiger partial charge on any atom is -0.481 e. The average molecular weight is 623 g/mol. The van der Waals surface area contributed by atoms with Crippen molar-refractivity contribution < 1.29 is 58.2 Å². The third-order valence-corrected chi connectivity index (χ3v) is 5.86. The molecule has 0 aliphatic heterocycles. The van der Waals surface area contributed by atoms with Gasteiger partial charge in [-0.25, -0.2) is 0 Å². The van der Waals surface area contributed by atoms with Crippen LogP contribution in [0, 0.1) is 5.92 Å². The van der Waals surface area contributed by atoms with Gasteiger partial charge in [0.2, 0.25) is 23.6 Å². The number of unbranched alkanes of at least 4 members (excludes halogenated alkanes) is 1. The van der Waals surface area contributed by atoms with Crippen molar-refractivity contribution in [2.24, 2.45) is 5.92 Å². The van der Waals surface area contributed by atoms with Gasteiger partial charge in [-0.05, 0) is 25.7 Å². The molecule has 0 aliphatic carbocycles. The first-order valence-corrected chi connectivity index (χ1v) is 14.6. The van der Waals surface area contributed by atoms with Gasteiger partial charge in [-0.1, -0.05) is 13.8 Å². The van der Waals surface area contributed by atoms with Gasteiger partial charge < -0.3 is 55.5 Å². The van der Waals surface area contributed by atoms with E-state index in [4.69, 9.17) is 24.1 Å². The smallest absolute Gasteiger partial charge is 0.306 e. The highest BCUT2D eigenvalue weighted by atomic mass is 16.5. The number of aliphatic hydroxyl groups excluding tert-OH is 1. The molecule has 16 nitrogen and oxygen atoms in total. The minimum atomic E-state index is -1.72. The number of hydrogen-bond donors (Lipinski definition) is 7. The summed E-state index contributed by atoms with van der Waals surface area (Å²) >= 11 is 0. The predicted octanol–water partition coefficient (Wildman–Crippen LogP) is -1.72. The molecule has 0 saturated heterocycles. The van der Waals surface area contributed by atoms with Gasteiger partial charge in [0.15, 0.2) is 6.29 Å². The van der Waals surface area contributed by atoms with E-state index in [-0.39, 0.29) is 96.5 Å². The molecule has 250 valence electrons. The first kappa shape index (κ1) is 40.1. The predicted molar refractivity (Wildman–Crippen MR) is 153 cm³/mol. The summed E-state index contributed by atoms with van der Waals surface area (Å²) < 4.78 is 21.0. The van der Waals surface area contributed by atoms with E-state index in [2.05, 4.69) is 21.3 Å². The van der Waals surface area contributed by atoms with Crippen LogP contribution in [0.2, 0.25) is 0 Å². The molecule has 0 aromatic carbocycles. The zero-order chi connectivity index (χ0) is 32.3. The van der Waals surface area contributed by atoms with Crippen molar-refractivity contribution in [2.75, 3.05) is 72.5 Å². The molecule has 7 N–H and O–H groups in total. The Labute approximate surface area is 252 Å². The number of carboxylic acid groups (broad SMARTS) is 1. The van der Waals surface area contributed by atoms with Gasteiger partial charge in [0.05, 0.1) is 51.6 Å². The maximum absolute atomic E-state index is 12.0. The number of nitrogens with one attached hydrogen (secondary N) is 4. The summed E-state index contributed by atoms with van der Waals surface area (Å²) in [7, 11) is 0. The summed E-state index contributed by atoms with van der Waals surface area (Å²) in [6.07, 6.45) is 0.646. The van der Waals surface area contributed by atoms with Gasteiger partial charge in [-0.3, -0.25) is 24.0 Å². The Morgan fingerprint density at radius 3 is 1.74 bits per heavy atom. The molecule has 0 saturated carbocycles. The Morgan fingerprint density at radius 2 is 1.19 bits per heavy atom. The number of aliphatic hydroxyl groups is 2. The van der Waals surface area contributed by atoms with Crippen LogP contribution in [-0.2, 0) is 42.9 Å². The van der Waals surface area contributed by atoms with Crippen molar-refractivity contribution in [3.05, 3.63) is 0 Å². The van der Waals surface area contributed by atoms with E-state index in [0.29, 0.717) is 32.2 Å². The minimum absolute atomic E-state index is 0.0518. The molecule has 0 bridgehead atoms. The van der Waals surface area contributed by atoms with Crippen LogP contribution < -0.4 is 21.3 Å². The first-order valence-electron chi connectivity index (χ1n) is 14.6. The Morgan fingerprint density at radius 1 is 0.651 bits per heavy atom. The van der Waals surface area contributed by atoms with E-state index in [1.54, 1.807) is 13.8 Å².